The van der Waals surface area contributed by atoms with Crippen molar-refractivity contribution >= 4 is 15.9 Å². The molecule has 0 heterocycles. The van der Waals surface area contributed by atoms with Crippen LogP contribution >= 0.6 is 15.9 Å². The Morgan fingerprint density at radius 3 is 2.10 bits per heavy atom. The molecule has 0 bridgehead atoms. The molecule has 5 heteroatoms. The van der Waals surface area contributed by atoms with Crippen LogP contribution < -0.4 is 0 Å². The molecule has 0 saturated carbocycles. The molecule has 0 aromatic carbocycles. The first-order chi connectivity index (χ1) is 4.45. The number of alkyl halides is 5. The van der Waals surface area contributed by atoms with E-state index in [0.717, 1.165) is 0 Å². The predicted octanol–water partition coefficient (Wildman–Crippen LogP) is 3.06. The van der Waals surface area contributed by atoms with Gasteiger partial charge >= 0.3 is 6.18 Å². The first-order valence-corrected chi connectivity index (χ1v) is 3.84. The molecule has 0 nitrogen and oxygen atoms in total. The number of hydrogen-bond acceptors (Lipinski definition) is 0. The fraction of sp³-hybridized carbons (Fsp3) is 1.00. The Balaban J connectivity index is 3.36. The zero-order chi connectivity index (χ0) is 8.20. The van der Waals surface area contributed by atoms with Crippen molar-refractivity contribution in [1.82, 2.24) is 0 Å². The molecular weight excluding hydrogens is 216 g/mol. The molecule has 0 aromatic rings. The number of rotatable bonds is 3. The minimum absolute atomic E-state index is 0.0247. The van der Waals surface area contributed by atoms with Crippen LogP contribution in [0.5, 0.6) is 0 Å². The van der Waals surface area contributed by atoms with Crippen molar-refractivity contribution in [3.8, 4) is 0 Å². The van der Waals surface area contributed by atoms with Gasteiger partial charge in [-0.25, -0.2) is 4.39 Å². The smallest absolute Gasteiger partial charge is 0.247 e. The van der Waals surface area contributed by atoms with Crippen LogP contribution in [-0.4, -0.2) is 17.7 Å². The summed E-state index contributed by atoms with van der Waals surface area (Å²) in [6.07, 6.45) is -7.11. The normalized spacial score (nSPS) is 15.3. The summed E-state index contributed by atoms with van der Waals surface area (Å²) < 4.78 is 46.2. The summed E-state index contributed by atoms with van der Waals surface area (Å²) in [6.45, 7) is 0. The van der Waals surface area contributed by atoms with E-state index in [9.17, 15) is 17.6 Å². The molecule has 0 N–H and O–H groups in total. The topological polar surface area (TPSA) is 0 Å². The Kier molecular flexibility index (Phi) is 4.24. The molecular formula is C5H7BrF4. The van der Waals surface area contributed by atoms with E-state index in [1.165, 1.54) is 0 Å². The van der Waals surface area contributed by atoms with Crippen LogP contribution in [0.3, 0.4) is 0 Å². The van der Waals surface area contributed by atoms with Gasteiger partial charge in [0.15, 0.2) is 0 Å². The van der Waals surface area contributed by atoms with Crippen LogP contribution in [-0.2, 0) is 0 Å². The van der Waals surface area contributed by atoms with Gasteiger partial charge in [0, 0.05) is 11.8 Å². The Labute approximate surface area is 64.7 Å². The monoisotopic (exact) mass is 222 g/mol. The molecule has 1 atom stereocenters. The Hall–Kier alpha value is 0.200. The van der Waals surface area contributed by atoms with Gasteiger partial charge in [0.2, 0.25) is 0 Å². The van der Waals surface area contributed by atoms with E-state index in [-0.39, 0.29) is 5.33 Å². The maximum Gasteiger partial charge on any atom is 0.389 e. The summed E-state index contributed by atoms with van der Waals surface area (Å²) in [7, 11) is 0. The van der Waals surface area contributed by atoms with E-state index in [2.05, 4.69) is 15.9 Å². The standard InChI is InChI=1S/C5H7BrF4/c6-3-4(7)1-2-5(8,9)10/h4H,1-3H2. The molecule has 0 aliphatic heterocycles. The zero-order valence-corrected chi connectivity index (χ0v) is 6.67. The van der Waals surface area contributed by atoms with Gasteiger partial charge in [-0.3, -0.25) is 0 Å². The van der Waals surface area contributed by atoms with Gasteiger partial charge in [-0.2, -0.15) is 13.2 Å². The molecule has 0 aromatic heterocycles. The average Bonchev–Trinajstić information content (AvgIpc) is 1.81. The largest absolute Gasteiger partial charge is 0.389 e. The van der Waals surface area contributed by atoms with E-state index in [0.29, 0.717) is 0 Å². The lowest BCUT2D eigenvalue weighted by atomic mass is 10.2. The lowest BCUT2D eigenvalue weighted by Gasteiger charge is -2.06. The highest BCUT2D eigenvalue weighted by Gasteiger charge is 2.27. The number of hydrogen-bond donors (Lipinski definition) is 0. The molecule has 62 valence electrons. The minimum Gasteiger partial charge on any atom is -0.247 e. The highest BCUT2D eigenvalue weighted by atomic mass is 79.9. The second-order valence-corrected chi connectivity index (χ2v) is 2.55. The highest BCUT2D eigenvalue weighted by Crippen LogP contribution is 2.23. The quantitative estimate of drug-likeness (QED) is 0.509. The second kappa shape index (κ2) is 4.16. The highest BCUT2D eigenvalue weighted by molar-refractivity contribution is 9.09. The van der Waals surface area contributed by atoms with Gasteiger partial charge in [0.05, 0.1) is 0 Å². The van der Waals surface area contributed by atoms with Gasteiger partial charge in [0.25, 0.3) is 0 Å². The van der Waals surface area contributed by atoms with Crippen molar-refractivity contribution in [1.29, 1.82) is 0 Å². The van der Waals surface area contributed by atoms with E-state index in [1.54, 1.807) is 0 Å². The van der Waals surface area contributed by atoms with E-state index in [4.69, 9.17) is 0 Å². The van der Waals surface area contributed by atoms with Crippen molar-refractivity contribution in [2.45, 2.75) is 25.2 Å². The zero-order valence-electron chi connectivity index (χ0n) is 5.09. The molecule has 0 aliphatic rings. The molecule has 0 aliphatic carbocycles. The molecule has 0 fully saturated rings. The van der Waals surface area contributed by atoms with Crippen molar-refractivity contribution < 1.29 is 17.6 Å². The second-order valence-electron chi connectivity index (χ2n) is 1.91. The van der Waals surface area contributed by atoms with Gasteiger partial charge in [-0.05, 0) is 6.42 Å². The molecule has 1 unspecified atom stereocenters. The molecule has 0 rings (SSSR count). The van der Waals surface area contributed by atoms with Crippen LogP contribution in [0.4, 0.5) is 17.6 Å². The fourth-order valence-corrected chi connectivity index (χ4v) is 0.721. The Morgan fingerprint density at radius 1 is 1.30 bits per heavy atom. The third-order valence-corrected chi connectivity index (χ3v) is 1.61. The third-order valence-electron chi connectivity index (χ3n) is 0.908. The Morgan fingerprint density at radius 2 is 1.80 bits per heavy atom. The number of halogens is 5. The van der Waals surface area contributed by atoms with E-state index in [1.807, 2.05) is 0 Å². The lowest BCUT2D eigenvalue weighted by Crippen LogP contribution is -2.12. The summed E-state index contributed by atoms with van der Waals surface area (Å²) in [4.78, 5) is 0. The van der Waals surface area contributed by atoms with E-state index < -0.39 is 25.2 Å². The first kappa shape index (κ1) is 10.2. The SMILES string of the molecule is FC(CBr)CCC(F)(F)F. The van der Waals surface area contributed by atoms with Crippen LogP contribution in [0.15, 0.2) is 0 Å². The summed E-state index contributed by atoms with van der Waals surface area (Å²) in [5.74, 6) is 0. The molecule has 0 spiro atoms. The lowest BCUT2D eigenvalue weighted by molar-refractivity contribution is -0.137. The first-order valence-electron chi connectivity index (χ1n) is 2.72. The summed E-state index contributed by atoms with van der Waals surface area (Å²) in [5.41, 5.74) is 0. The maximum absolute atomic E-state index is 12.1. The van der Waals surface area contributed by atoms with Gasteiger partial charge in [0.1, 0.15) is 6.17 Å². The van der Waals surface area contributed by atoms with Crippen LogP contribution in [0.25, 0.3) is 0 Å². The molecule has 0 amide bonds. The van der Waals surface area contributed by atoms with Gasteiger partial charge in [-0.15, -0.1) is 0 Å². The summed E-state index contributed by atoms with van der Waals surface area (Å²) in [5, 5.41) is -0.0247. The van der Waals surface area contributed by atoms with Crippen molar-refractivity contribution in [2.24, 2.45) is 0 Å². The average molecular weight is 223 g/mol. The summed E-state index contributed by atoms with van der Waals surface area (Å²) in [6, 6.07) is 0. The van der Waals surface area contributed by atoms with Crippen molar-refractivity contribution in [2.75, 3.05) is 5.33 Å². The van der Waals surface area contributed by atoms with Crippen LogP contribution in [0, 0.1) is 0 Å². The molecule has 10 heavy (non-hydrogen) atoms. The fourth-order valence-electron chi connectivity index (χ4n) is 0.397. The molecule has 0 radical (unpaired) electrons. The van der Waals surface area contributed by atoms with E-state index >= 15 is 0 Å². The maximum atomic E-state index is 12.1. The minimum atomic E-state index is -4.23. The van der Waals surface area contributed by atoms with Crippen molar-refractivity contribution in [3.63, 3.8) is 0 Å². The Bertz CT molecular complexity index is 90.1. The van der Waals surface area contributed by atoms with Crippen molar-refractivity contribution in [3.05, 3.63) is 0 Å². The van der Waals surface area contributed by atoms with Crippen LogP contribution in [0.2, 0.25) is 0 Å². The molecule has 0 saturated heterocycles. The predicted molar refractivity (Wildman–Crippen MR) is 34.0 cm³/mol. The third kappa shape index (κ3) is 6.32. The van der Waals surface area contributed by atoms with Gasteiger partial charge in [-0.1, -0.05) is 15.9 Å². The summed E-state index contributed by atoms with van der Waals surface area (Å²) >= 11 is 2.74. The van der Waals surface area contributed by atoms with Gasteiger partial charge < -0.3 is 0 Å². The van der Waals surface area contributed by atoms with Crippen LogP contribution in [0.1, 0.15) is 12.8 Å².